The average Bonchev–Trinajstić information content (AvgIpc) is 2.49. The van der Waals surface area contributed by atoms with Gasteiger partial charge in [0.15, 0.2) is 0 Å². The first-order chi connectivity index (χ1) is 6.68. The molecule has 0 amide bonds. The van der Waals surface area contributed by atoms with Gasteiger partial charge in [-0.15, -0.1) is 0 Å². The van der Waals surface area contributed by atoms with Crippen molar-refractivity contribution in [2.45, 2.75) is 12.5 Å². The fourth-order valence-corrected chi connectivity index (χ4v) is 2.05. The maximum Gasteiger partial charge on any atom is 0.0949 e. The first kappa shape index (κ1) is 9.68. The largest absolute Gasteiger partial charge is 0.337 e. The van der Waals surface area contributed by atoms with Gasteiger partial charge in [0, 0.05) is 32.3 Å². The number of imidazole rings is 1. The summed E-state index contributed by atoms with van der Waals surface area (Å²) in [5.41, 5.74) is 2.61. The molecule has 0 spiro atoms. The van der Waals surface area contributed by atoms with Gasteiger partial charge in [-0.1, -0.05) is 0 Å². The molecule has 1 aromatic rings. The molecule has 1 aromatic heterocycles. The van der Waals surface area contributed by atoms with Gasteiger partial charge in [-0.25, -0.2) is 4.98 Å². The number of nitrogens with one attached hydrogen (secondary N) is 1. The van der Waals surface area contributed by atoms with Crippen LogP contribution in [0.15, 0.2) is 6.33 Å². The third kappa shape index (κ3) is 1.67. The van der Waals surface area contributed by atoms with E-state index in [1.54, 1.807) is 0 Å². The lowest BCUT2D eigenvalue weighted by atomic mass is 10.1. The van der Waals surface area contributed by atoms with Crippen LogP contribution in [0.2, 0.25) is 0 Å². The van der Waals surface area contributed by atoms with Crippen molar-refractivity contribution < 1.29 is 0 Å². The molecule has 0 bridgehead atoms. The van der Waals surface area contributed by atoms with Crippen molar-refractivity contribution in [1.29, 1.82) is 0 Å². The summed E-state index contributed by atoms with van der Waals surface area (Å²) in [4.78, 5) is 6.66. The highest BCUT2D eigenvalue weighted by molar-refractivity contribution is 5.20. The fourth-order valence-electron chi connectivity index (χ4n) is 2.05. The van der Waals surface area contributed by atoms with E-state index in [0.717, 1.165) is 19.5 Å². The summed E-state index contributed by atoms with van der Waals surface area (Å²) in [6.45, 7) is 2.08. The zero-order chi connectivity index (χ0) is 10.1. The molecule has 1 atom stereocenters. The Bertz CT molecular complexity index is 316. The molecule has 0 saturated carbocycles. The highest BCUT2D eigenvalue weighted by atomic mass is 15.1. The van der Waals surface area contributed by atoms with Crippen LogP contribution in [0.5, 0.6) is 0 Å². The first-order valence-corrected chi connectivity index (χ1v) is 5.06. The predicted molar refractivity (Wildman–Crippen MR) is 56.2 cm³/mol. The molecule has 14 heavy (non-hydrogen) atoms. The SMILES string of the molecule is CN(C)CC1NCCc2c1ncn2C. The lowest BCUT2D eigenvalue weighted by Crippen LogP contribution is -2.36. The molecular weight excluding hydrogens is 176 g/mol. The van der Waals surface area contributed by atoms with Crippen LogP contribution in [0.1, 0.15) is 17.4 Å². The number of hydrogen-bond acceptors (Lipinski definition) is 3. The maximum atomic E-state index is 4.46. The van der Waals surface area contributed by atoms with E-state index < -0.39 is 0 Å². The van der Waals surface area contributed by atoms with Crippen LogP contribution in [0.3, 0.4) is 0 Å². The molecule has 78 valence electrons. The lowest BCUT2D eigenvalue weighted by Gasteiger charge is -2.26. The van der Waals surface area contributed by atoms with Gasteiger partial charge in [-0.3, -0.25) is 0 Å². The number of aryl methyl sites for hydroxylation is 1. The first-order valence-electron chi connectivity index (χ1n) is 5.06. The number of aromatic nitrogens is 2. The van der Waals surface area contributed by atoms with Gasteiger partial charge in [0.25, 0.3) is 0 Å². The molecule has 0 aromatic carbocycles. The molecular formula is C10H18N4. The van der Waals surface area contributed by atoms with Crippen LogP contribution in [0, 0.1) is 0 Å². The molecule has 1 unspecified atom stereocenters. The van der Waals surface area contributed by atoms with Crippen LogP contribution < -0.4 is 5.32 Å². The van der Waals surface area contributed by atoms with Gasteiger partial charge >= 0.3 is 0 Å². The van der Waals surface area contributed by atoms with Crippen molar-refractivity contribution in [3.05, 3.63) is 17.7 Å². The Balaban J connectivity index is 2.22. The quantitative estimate of drug-likeness (QED) is 0.728. The Hall–Kier alpha value is -0.870. The molecule has 1 N–H and O–H groups in total. The van der Waals surface area contributed by atoms with Gasteiger partial charge in [0.1, 0.15) is 0 Å². The van der Waals surface area contributed by atoms with Crippen LogP contribution in [-0.4, -0.2) is 41.6 Å². The molecule has 1 aliphatic heterocycles. The summed E-state index contributed by atoms with van der Waals surface area (Å²) < 4.78 is 2.14. The Kier molecular flexibility index (Phi) is 2.56. The van der Waals surface area contributed by atoms with Crippen LogP contribution >= 0.6 is 0 Å². The Morgan fingerprint density at radius 1 is 1.64 bits per heavy atom. The van der Waals surface area contributed by atoms with E-state index in [4.69, 9.17) is 0 Å². The zero-order valence-electron chi connectivity index (χ0n) is 9.12. The summed E-state index contributed by atoms with van der Waals surface area (Å²) >= 11 is 0. The van der Waals surface area contributed by atoms with Gasteiger partial charge in [0.2, 0.25) is 0 Å². The number of hydrogen-bond donors (Lipinski definition) is 1. The lowest BCUT2D eigenvalue weighted by molar-refractivity contribution is 0.329. The molecule has 0 radical (unpaired) electrons. The summed E-state index contributed by atoms with van der Waals surface area (Å²) in [6, 6.07) is 0.398. The Labute approximate surface area is 84.9 Å². The Morgan fingerprint density at radius 3 is 3.14 bits per heavy atom. The molecule has 0 aliphatic carbocycles. The third-order valence-corrected chi connectivity index (χ3v) is 2.72. The third-order valence-electron chi connectivity index (χ3n) is 2.72. The number of nitrogens with zero attached hydrogens (tertiary/aromatic N) is 3. The molecule has 2 heterocycles. The molecule has 4 nitrogen and oxygen atoms in total. The molecule has 0 saturated heterocycles. The zero-order valence-corrected chi connectivity index (χ0v) is 9.12. The van der Waals surface area contributed by atoms with E-state index in [-0.39, 0.29) is 0 Å². The predicted octanol–water partition coefficient (Wildman–Crippen LogP) is 0.168. The van der Waals surface area contributed by atoms with E-state index in [1.165, 1.54) is 11.4 Å². The normalized spacial score (nSPS) is 21.3. The minimum absolute atomic E-state index is 0.398. The second-order valence-electron chi connectivity index (χ2n) is 4.21. The van der Waals surface area contributed by atoms with Crippen LogP contribution in [0.4, 0.5) is 0 Å². The summed E-state index contributed by atoms with van der Waals surface area (Å²) in [5, 5.41) is 3.50. The number of rotatable bonds is 2. The van der Waals surface area contributed by atoms with Crippen molar-refractivity contribution in [1.82, 2.24) is 19.8 Å². The summed E-state index contributed by atoms with van der Waals surface area (Å²) in [5.74, 6) is 0. The molecule has 2 rings (SSSR count). The minimum Gasteiger partial charge on any atom is -0.337 e. The summed E-state index contributed by atoms with van der Waals surface area (Å²) in [7, 11) is 6.27. The van der Waals surface area contributed by atoms with Gasteiger partial charge in [0.05, 0.1) is 18.1 Å². The molecule has 0 fully saturated rings. The van der Waals surface area contributed by atoms with E-state index in [0.29, 0.717) is 6.04 Å². The highest BCUT2D eigenvalue weighted by Crippen LogP contribution is 2.20. The molecule has 1 aliphatic rings. The van der Waals surface area contributed by atoms with Crippen molar-refractivity contribution in [2.75, 3.05) is 27.2 Å². The van der Waals surface area contributed by atoms with Gasteiger partial charge < -0.3 is 14.8 Å². The standard InChI is InChI=1S/C10H18N4/c1-13(2)6-8-10-9(4-5-11-8)14(3)7-12-10/h7-8,11H,4-6H2,1-3H3. The molecule has 4 heteroatoms. The minimum atomic E-state index is 0.398. The fraction of sp³-hybridized carbons (Fsp3) is 0.700. The number of likely N-dealkylation sites (N-methyl/N-ethyl adjacent to an activating group) is 1. The average molecular weight is 194 g/mol. The maximum absolute atomic E-state index is 4.46. The second-order valence-corrected chi connectivity index (χ2v) is 4.21. The van der Waals surface area contributed by atoms with Gasteiger partial charge in [-0.2, -0.15) is 0 Å². The van der Waals surface area contributed by atoms with E-state index in [1.807, 2.05) is 6.33 Å². The van der Waals surface area contributed by atoms with Crippen molar-refractivity contribution in [2.24, 2.45) is 7.05 Å². The second kappa shape index (κ2) is 3.71. The summed E-state index contributed by atoms with van der Waals surface area (Å²) in [6.07, 6.45) is 3.01. The van der Waals surface area contributed by atoms with Crippen molar-refractivity contribution in [3.63, 3.8) is 0 Å². The van der Waals surface area contributed by atoms with Crippen LogP contribution in [0.25, 0.3) is 0 Å². The van der Waals surface area contributed by atoms with E-state index >= 15 is 0 Å². The number of fused-ring (bicyclic) bond motifs is 1. The van der Waals surface area contributed by atoms with Crippen molar-refractivity contribution >= 4 is 0 Å². The monoisotopic (exact) mass is 194 g/mol. The van der Waals surface area contributed by atoms with Gasteiger partial charge in [-0.05, 0) is 14.1 Å². The topological polar surface area (TPSA) is 33.1 Å². The Morgan fingerprint density at radius 2 is 2.43 bits per heavy atom. The highest BCUT2D eigenvalue weighted by Gasteiger charge is 2.23. The van der Waals surface area contributed by atoms with E-state index in [9.17, 15) is 0 Å². The van der Waals surface area contributed by atoms with Crippen molar-refractivity contribution in [3.8, 4) is 0 Å². The van der Waals surface area contributed by atoms with E-state index in [2.05, 4.69) is 40.9 Å². The van der Waals surface area contributed by atoms with Crippen LogP contribution in [-0.2, 0) is 13.5 Å². The smallest absolute Gasteiger partial charge is 0.0949 e.